The Bertz CT molecular complexity index is 382. The first-order valence-corrected chi connectivity index (χ1v) is 6.14. The summed E-state index contributed by atoms with van der Waals surface area (Å²) in [6.07, 6.45) is 0. The Morgan fingerprint density at radius 2 is 2.06 bits per heavy atom. The number of nitrogens with two attached hydrogens (primary N) is 1. The van der Waals surface area contributed by atoms with Crippen molar-refractivity contribution in [3.63, 3.8) is 0 Å². The summed E-state index contributed by atoms with van der Waals surface area (Å²) in [5, 5.41) is 1.15. The molecule has 0 bridgehead atoms. The Balaban J connectivity index is 2.70. The molecule has 88 valence electrons. The second-order valence-corrected chi connectivity index (χ2v) is 4.86. The molecule has 0 fully saturated rings. The molecule has 1 aromatic carbocycles. The van der Waals surface area contributed by atoms with Gasteiger partial charge in [-0.3, -0.25) is 4.90 Å². The maximum Gasteiger partial charge on any atom is 0.0870 e. The molecule has 0 heterocycles. The van der Waals surface area contributed by atoms with Crippen molar-refractivity contribution in [2.45, 2.75) is 13.5 Å². The number of hydrogen-bond donors (Lipinski definition) is 1. The standard InChI is InChI=1S/C11H14Cl2N2S/c1-2-15(7-11(14)16)6-8-3-4-9(12)10(13)5-8/h3-5H,2,6-7H2,1H3,(H2,14,16). The van der Waals surface area contributed by atoms with Crippen LogP contribution in [-0.2, 0) is 6.54 Å². The first-order valence-electron chi connectivity index (χ1n) is 4.97. The van der Waals surface area contributed by atoms with Gasteiger partial charge in [0.05, 0.1) is 15.0 Å². The van der Waals surface area contributed by atoms with E-state index >= 15 is 0 Å². The van der Waals surface area contributed by atoms with Crippen LogP contribution in [0.15, 0.2) is 18.2 Å². The predicted octanol–water partition coefficient (Wildman–Crippen LogP) is 3.10. The lowest BCUT2D eigenvalue weighted by Gasteiger charge is -2.19. The van der Waals surface area contributed by atoms with Gasteiger partial charge in [-0.15, -0.1) is 0 Å². The number of thiocarbonyl (C=S) groups is 1. The van der Waals surface area contributed by atoms with Gasteiger partial charge < -0.3 is 5.73 Å². The molecule has 16 heavy (non-hydrogen) atoms. The van der Waals surface area contributed by atoms with E-state index in [2.05, 4.69) is 11.8 Å². The van der Waals surface area contributed by atoms with Gasteiger partial charge >= 0.3 is 0 Å². The normalized spacial score (nSPS) is 10.8. The van der Waals surface area contributed by atoms with Crippen molar-refractivity contribution in [2.75, 3.05) is 13.1 Å². The molecular weight excluding hydrogens is 263 g/mol. The molecule has 0 saturated carbocycles. The second kappa shape index (κ2) is 6.40. The van der Waals surface area contributed by atoms with Gasteiger partial charge in [-0.05, 0) is 24.2 Å². The van der Waals surface area contributed by atoms with E-state index in [4.69, 9.17) is 41.2 Å². The molecule has 2 nitrogen and oxygen atoms in total. The van der Waals surface area contributed by atoms with E-state index < -0.39 is 0 Å². The van der Waals surface area contributed by atoms with Gasteiger partial charge in [0.1, 0.15) is 0 Å². The highest BCUT2D eigenvalue weighted by molar-refractivity contribution is 7.80. The van der Waals surface area contributed by atoms with Crippen molar-refractivity contribution in [2.24, 2.45) is 5.73 Å². The smallest absolute Gasteiger partial charge is 0.0870 e. The number of rotatable bonds is 5. The molecule has 2 N–H and O–H groups in total. The molecule has 0 radical (unpaired) electrons. The Morgan fingerprint density at radius 3 is 2.56 bits per heavy atom. The van der Waals surface area contributed by atoms with Crippen molar-refractivity contribution in [3.05, 3.63) is 33.8 Å². The fraction of sp³-hybridized carbons (Fsp3) is 0.364. The highest BCUT2D eigenvalue weighted by atomic mass is 35.5. The Labute approximate surface area is 111 Å². The van der Waals surface area contributed by atoms with Gasteiger partial charge in [0.25, 0.3) is 0 Å². The van der Waals surface area contributed by atoms with Gasteiger partial charge in [0.2, 0.25) is 0 Å². The predicted molar refractivity (Wildman–Crippen MR) is 74.2 cm³/mol. The van der Waals surface area contributed by atoms with Crippen LogP contribution in [0.2, 0.25) is 10.0 Å². The minimum atomic E-state index is 0.502. The summed E-state index contributed by atoms with van der Waals surface area (Å²) in [6, 6.07) is 5.62. The summed E-state index contributed by atoms with van der Waals surface area (Å²) in [5.74, 6) is 0. The fourth-order valence-corrected chi connectivity index (χ4v) is 1.90. The van der Waals surface area contributed by atoms with Gasteiger partial charge in [0, 0.05) is 13.1 Å². The van der Waals surface area contributed by atoms with Crippen molar-refractivity contribution >= 4 is 40.4 Å². The third-order valence-electron chi connectivity index (χ3n) is 2.22. The number of nitrogens with zero attached hydrogens (tertiary/aromatic N) is 1. The first kappa shape index (κ1) is 13.7. The molecule has 0 atom stereocenters. The van der Waals surface area contributed by atoms with Crippen molar-refractivity contribution in [3.8, 4) is 0 Å². The fourth-order valence-electron chi connectivity index (χ4n) is 1.40. The molecule has 0 unspecified atom stereocenters. The number of halogens is 2. The third kappa shape index (κ3) is 4.26. The molecule has 0 aliphatic carbocycles. The zero-order chi connectivity index (χ0) is 12.1. The number of benzene rings is 1. The van der Waals surface area contributed by atoms with Crippen LogP contribution in [0.5, 0.6) is 0 Å². The highest BCUT2D eigenvalue weighted by Crippen LogP contribution is 2.23. The van der Waals surface area contributed by atoms with E-state index in [1.807, 2.05) is 12.1 Å². The van der Waals surface area contributed by atoms with Gasteiger partial charge in [-0.1, -0.05) is 48.4 Å². The number of likely N-dealkylation sites (N-methyl/N-ethyl adjacent to an activating group) is 1. The summed E-state index contributed by atoms with van der Waals surface area (Å²) < 4.78 is 0. The van der Waals surface area contributed by atoms with Crippen molar-refractivity contribution < 1.29 is 0 Å². The quantitative estimate of drug-likeness (QED) is 0.838. The maximum atomic E-state index is 5.95. The monoisotopic (exact) mass is 276 g/mol. The van der Waals surface area contributed by atoms with Crippen LogP contribution in [0, 0.1) is 0 Å². The Hall–Kier alpha value is -0.350. The van der Waals surface area contributed by atoms with Gasteiger partial charge in [-0.25, -0.2) is 0 Å². The van der Waals surface area contributed by atoms with Crippen LogP contribution in [0.4, 0.5) is 0 Å². The molecular formula is C11H14Cl2N2S. The van der Waals surface area contributed by atoms with Crippen LogP contribution >= 0.6 is 35.4 Å². The maximum absolute atomic E-state index is 5.95. The largest absolute Gasteiger partial charge is 0.392 e. The first-order chi connectivity index (χ1) is 7.52. The third-order valence-corrected chi connectivity index (χ3v) is 3.08. The van der Waals surface area contributed by atoms with Crippen LogP contribution in [0.25, 0.3) is 0 Å². The average Bonchev–Trinajstić information content (AvgIpc) is 2.22. The van der Waals surface area contributed by atoms with Crippen LogP contribution in [-0.4, -0.2) is 23.0 Å². The zero-order valence-corrected chi connectivity index (χ0v) is 11.4. The van der Waals surface area contributed by atoms with E-state index in [9.17, 15) is 0 Å². The van der Waals surface area contributed by atoms with Crippen molar-refractivity contribution in [1.82, 2.24) is 4.90 Å². The SMILES string of the molecule is CCN(CC(N)=S)Cc1ccc(Cl)c(Cl)c1. The van der Waals surface area contributed by atoms with Gasteiger partial charge in [0.15, 0.2) is 0 Å². The lowest BCUT2D eigenvalue weighted by molar-refractivity contribution is 0.321. The molecule has 1 rings (SSSR count). The summed E-state index contributed by atoms with van der Waals surface area (Å²) in [4.78, 5) is 2.64. The molecule has 0 aromatic heterocycles. The summed E-state index contributed by atoms with van der Waals surface area (Å²) >= 11 is 16.7. The summed E-state index contributed by atoms with van der Waals surface area (Å²) in [7, 11) is 0. The van der Waals surface area contributed by atoms with E-state index in [0.717, 1.165) is 18.7 Å². The molecule has 0 saturated heterocycles. The molecule has 1 aromatic rings. The van der Waals surface area contributed by atoms with E-state index in [1.54, 1.807) is 6.07 Å². The average molecular weight is 277 g/mol. The highest BCUT2D eigenvalue weighted by Gasteiger charge is 2.06. The number of hydrogen-bond acceptors (Lipinski definition) is 2. The van der Waals surface area contributed by atoms with E-state index in [1.165, 1.54) is 0 Å². The van der Waals surface area contributed by atoms with Crippen LogP contribution in [0.3, 0.4) is 0 Å². The van der Waals surface area contributed by atoms with Gasteiger partial charge in [-0.2, -0.15) is 0 Å². The summed E-state index contributed by atoms with van der Waals surface area (Å²) in [6.45, 7) is 4.34. The molecule has 0 aliphatic rings. The van der Waals surface area contributed by atoms with Crippen LogP contribution < -0.4 is 5.73 Å². The van der Waals surface area contributed by atoms with E-state index in [0.29, 0.717) is 21.6 Å². The molecule has 5 heteroatoms. The van der Waals surface area contributed by atoms with Crippen molar-refractivity contribution in [1.29, 1.82) is 0 Å². The molecule has 0 spiro atoms. The topological polar surface area (TPSA) is 29.3 Å². The lowest BCUT2D eigenvalue weighted by atomic mass is 10.2. The van der Waals surface area contributed by atoms with E-state index in [-0.39, 0.29) is 0 Å². The Morgan fingerprint density at radius 1 is 1.38 bits per heavy atom. The second-order valence-electron chi connectivity index (χ2n) is 3.52. The minimum Gasteiger partial charge on any atom is -0.392 e. The Kier molecular flexibility index (Phi) is 5.49. The lowest BCUT2D eigenvalue weighted by Crippen LogP contribution is -2.32. The minimum absolute atomic E-state index is 0.502. The molecule has 0 aliphatic heterocycles. The van der Waals surface area contributed by atoms with Crippen LogP contribution in [0.1, 0.15) is 12.5 Å². The zero-order valence-electron chi connectivity index (χ0n) is 9.04. The summed E-state index contributed by atoms with van der Waals surface area (Å²) in [5.41, 5.74) is 6.62. The molecule has 0 amide bonds.